The van der Waals surface area contributed by atoms with E-state index in [9.17, 15) is 23.1 Å². The number of ether oxygens (including phenoxy) is 1. The van der Waals surface area contributed by atoms with E-state index in [0.717, 1.165) is 37.7 Å². The van der Waals surface area contributed by atoms with E-state index < -0.39 is 30.8 Å². The van der Waals surface area contributed by atoms with Gasteiger partial charge >= 0.3 is 6.18 Å². The van der Waals surface area contributed by atoms with Crippen LogP contribution in [0.15, 0.2) is 29.4 Å². The molecule has 0 radical (unpaired) electrons. The molecule has 1 amide bonds. The number of rotatable bonds is 4. The van der Waals surface area contributed by atoms with Gasteiger partial charge < -0.3 is 9.84 Å². The lowest BCUT2D eigenvalue weighted by atomic mass is 9.83. The van der Waals surface area contributed by atoms with Crippen LogP contribution in [0.25, 0.3) is 0 Å². The summed E-state index contributed by atoms with van der Waals surface area (Å²) in [7, 11) is 0. The number of carbonyl (C=O) groups excluding carboxylic acids is 1. The molecular formula is C22H29F3N2O3. The normalized spacial score (nSPS) is 23.4. The van der Waals surface area contributed by atoms with Gasteiger partial charge in [-0.2, -0.15) is 23.3 Å². The van der Waals surface area contributed by atoms with Crippen molar-refractivity contribution < 1.29 is 27.8 Å². The number of amides is 1. The summed E-state index contributed by atoms with van der Waals surface area (Å²) in [5.74, 6) is -0.792. The zero-order valence-electron chi connectivity index (χ0n) is 17.6. The van der Waals surface area contributed by atoms with Gasteiger partial charge in [-0.3, -0.25) is 4.79 Å². The van der Waals surface area contributed by atoms with Gasteiger partial charge in [-0.1, -0.05) is 52.2 Å². The molecule has 30 heavy (non-hydrogen) atoms. The molecule has 0 bridgehead atoms. The molecule has 1 atom stereocenters. The molecule has 1 aliphatic heterocycles. The first-order valence-electron chi connectivity index (χ1n) is 10.3. The molecule has 8 heteroatoms. The van der Waals surface area contributed by atoms with Gasteiger partial charge in [-0.05, 0) is 41.9 Å². The molecule has 1 aromatic rings. The average Bonchev–Trinajstić information content (AvgIpc) is 3.05. The third kappa shape index (κ3) is 4.63. The lowest BCUT2D eigenvalue weighted by Crippen LogP contribution is -2.57. The Hall–Kier alpha value is -2.09. The van der Waals surface area contributed by atoms with Crippen LogP contribution in [0.2, 0.25) is 0 Å². The van der Waals surface area contributed by atoms with Crippen molar-refractivity contribution >= 4 is 11.6 Å². The van der Waals surface area contributed by atoms with Crippen molar-refractivity contribution in [2.45, 2.75) is 76.6 Å². The minimum atomic E-state index is -5.02. The Balaban J connectivity index is 1.73. The Labute approximate surface area is 174 Å². The van der Waals surface area contributed by atoms with Crippen LogP contribution in [0.4, 0.5) is 13.2 Å². The van der Waals surface area contributed by atoms with E-state index in [2.05, 4.69) is 25.9 Å². The van der Waals surface area contributed by atoms with E-state index in [1.54, 1.807) is 12.1 Å². The summed E-state index contributed by atoms with van der Waals surface area (Å²) in [5, 5.41) is 14.5. The molecule has 3 rings (SSSR count). The van der Waals surface area contributed by atoms with E-state index in [1.165, 1.54) is 0 Å². The average molecular weight is 426 g/mol. The van der Waals surface area contributed by atoms with Gasteiger partial charge in [-0.25, -0.2) is 0 Å². The summed E-state index contributed by atoms with van der Waals surface area (Å²) < 4.78 is 46.4. The van der Waals surface area contributed by atoms with Crippen molar-refractivity contribution in [3.05, 3.63) is 29.8 Å². The van der Waals surface area contributed by atoms with Gasteiger partial charge in [0.2, 0.25) is 0 Å². The van der Waals surface area contributed by atoms with Gasteiger partial charge in [0.05, 0.1) is 0 Å². The van der Waals surface area contributed by atoms with E-state index in [4.69, 9.17) is 4.74 Å². The van der Waals surface area contributed by atoms with Crippen LogP contribution >= 0.6 is 0 Å². The minimum absolute atomic E-state index is 0.0582. The zero-order valence-corrected chi connectivity index (χ0v) is 17.6. The second-order valence-electron chi connectivity index (χ2n) is 9.19. The monoisotopic (exact) mass is 426 g/mol. The van der Waals surface area contributed by atoms with Gasteiger partial charge in [0.15, 0.2) is 6.61 Å². The SMILES string of the molecule is CC(C)(C)c1ccc(OCC(=O)N2N=C(C3CCCCC3)C[C@]2(O)C(F)(F)F)cc1. The first-order chi connectivity index (χ1) is 13.9. The molecular weight excluding hydrogens is 397 g/mol. The van der Waals surface area contributed by atoms with E-state index in [-0.39, 0.29) is 22.1 Å². The first-order valence-corrected chi connectivity index (χ1v) is 10.3. The predicted octanol–water partition coefficient (Wildman–Crippen LogP) is 4.78. The van der Waals surface area contributed by atoms with Gasteiger partial charge in [-0.15, -0.1) is 0 Å². The van der Waals surface area contributed by atoms with Crippen molar-refractivity contribution in [2.24, 2.45) is 11.0 Å². The summed E-state index contributed by atoms with van der Waals surface area (Å²) in [4.78, 5) is 12.6. The highest BCUT2D eigenvalue weighted by atomic mass is 19.4. The fourth-order valence-electron chi connectivity index (χ4n) is 3.98. The number of nitrogens with zero attached hydrogens (tertiary/aromatic N) is 2. The number of benzene rings is 1. The zero-order chi connectivity index (χ0) is 22.2. The number of halogens is 3. The Morgan fingerprint density at radius 2 is 1.77 bits per heavy atom. The Bertz CT molecular complexity index is 793. The number of carbonyl (C=O) groups is 1. The maximum atomic E-state index is 13.7. The number of hydrazone groups is 1. The summed E-state index contributed by atoms with van der Waals surface area (Å²) in [5.41, 5.74) is -2.07. The number of aliphatic hydroxyl groups is 1. The summed E-state index contributed by atoms with van der Waals surface area (Å²) in [6, 6.07) is 7.04. The maximum Gasteiger partial charge on any atom is 0.438 e. The van der Waals surface area contributed by atoms with Crippen LogP contribution in [0.3, 0.4) is 0 Å². The van der Waals surface area contributed by atoms with Crippen LogP contribution in [0.5, 0.6) is 5.75 Å². The standard InChI is InChI=1S/C22H29F3N2O3/c1-20(2,3)16-9-11-17(12-10-16)30-14-19(28)27-21(29,22(23,24)25)13-18(26-27)15-7-5-4-6-8-15/h9-12,15,29H,4-8,13-14H2,1-3H3/t21-/m0/s1. The molecule has 1 fully saturated rings. The fourth-order valence-corrected chi connectivity index (χ4v) is 3.98. The van der Waals surface area contributed by atoms with Crippen LogP contribution in [-0.2, 0) is 10.2 Å². The Morgan fingerprint density at radius 1 is 1.17 bits per heavy atom. The number of alkyl halides is 3. The Kier molecular flexibility index (Phi) is 6.18. The summed E-state index contributed by atoms with van der Waals surface area (Å²) >= 11 is 0. The number of hydrogen-bond acceptors (Lipinski definition) is 4. The second kappa shape index (κ2) is 8.21. The minimum Gasteiger partial charge on any atom is -0.484 e. The molecule has 0 saturated heterocycles. The van der Waals surface area contributed by atoms with Crippen molar-refractivity contribution in [3.63, 3.8) is 0 Å². The van der Waals surface area contributed by atoms with Crippen molar-refractivity contribution in [3.8, 4) is 5.75 Å². The molecule has 1 heterocycles. The molecule has 0 aromatic heterocycles. The molecule has 1 aromatic carbocycles. The highest BCUT2D eigenvalue weighted by molar-refractivity contribution is 5.92. The molecule has 2 aliphatic rings. The van der Waals surface area contributed by atoms with Crippen LogP contribution in [0, 0.1) is 5.92 Å². The fraction of sp³-hybridized carbons (Fsp3) is 0.636. The highest BCUT2D eigenvalue weighted by Crippen LogP contribution is 2.43. The van der Waals surface area contributed by atoms with Gasteiger partial charge in [0.1, 0.15) is 5.75 Å². The summed E-state index contributed by atoms with van der Waals surface area (Å²) in [6.07, 6.45) is -1.40. The molecule has 0 spiro atoms. The Morgan fingerprint density at radius 3 is 2.30 bits per heavy atom. The lowest BCUT2D eigenvalue weighted by molar-refractivity contribution is -0.302. The molecule has 0 unspecified atom stereocenters. The predicted molar refractivity (Wildman–Crippen MR) is 107 cm³/mol. The first kappa shape index (κ1) is 22.6. The van der Waals surface area contributed by atoms with Crippen LogP contribution in [-0.4, -0.2) is 40.2 Å². The van der Waals surface area contributed by atoms with Crippen molar-refractivity contribution in [1.82, 2.24) is 5.01 Å². The molecule has 166 valence electrons. The molecule has 1 N–H and O–H groups in total. The maximum absolute atomic E-state index is 13.7. The second-order valence-corrected chi connectivity index (χ2v) is 9.19. The summed E-state index contributed by atoms with van der Waals surface area (Å²) in [6.45, 7) is 5.52. The van der Waals surface area contributed by atoms with Gasteiger partial charge in [0.25, 0.3) is 11.6 Å². The van der Waals surface area contributed by atoms with Crippen LogP contribution in [0.1, 0.15) is 64.9 Å². The van der Waals surface area contributed by atoms with E-state index >= 15 is 0 Å². The van der Waals surface area contributed by atoms with Crippen LogP contribution < -0.4 is 4.74 Å². The third-order valence-corrected chi connectivity index (χ3v) is 5.86. The largest absolute Gasteiger partial charge is 0.484 e. The highest BCUT2D eigenvalue weighted by Gasteiger charge is 2.63. The molecule has 5 nitrogen and oxygen atoms in total. The lowest BCUT2D eigenvalue weighted by Gasteiger charge is -2.32. The van der Waals surface area contributed by atoms with Crippen molar-refractivity contribution in [2.75, 3.05) is 6.61 Å². The molecule has 1 aliphatic carbocycles. The smallest absolute Gasteiger partial charge is 0.438 e. The molecule has 1 saturated carbocycles. The van der Waals surface area contributed by atoms with E-state index in [1.807, 2.05) is 12.1 Å². The third-order valence-electron chi connectivity index (χ3n) is 5.86. The quantitative estimate of drug-likeness (QED) is 0.754. The van der Waals surface area contributed by atoms with Gasteiger partial charge in [0, 0.05) is 12.1 Å². The van der Waals surface area contributed by atoms with E-state index in [0.29, 0.717) is 5.75 Å². The van der Waals surface area contributed by atoms with Crippen molar-refractivity contribution in [1.29, 1.82) is 0 Å². The topological polar surface area (TPSA) is 62.1 Å². The number of hydrogen-bond donors (Lipinski definition) is 1.